The van der Waals surface area contributed by atoms with Crippen LogP contribution in [0.15, 0.2) is 34.9 Å². The van der Waals surface area contributed by atoms with E-state index in [0.717, 1.165) is 4.47 Å². The largest absolute Gasteiger partial charge is 0.369 e. The van der Waals surface area contributed by atoms with Crippen molar-refractivity contribution in [1.82, 2.24) is 14.5 Å². The molecule has 2 aromatic heterocycles. The SMILES string of the molecule is Nc1nc2cc(Br)cnc2n1-c1ccc(Cl)c(F)c1. The van der Waals surface area contributed by atoms with Crippen LogP contribution >= 0.6 is 27.5 Å². The molecule has 0 unspecified atom stereocenters. The summed E-state index contributed by atoms with van der Waals surface area (Å²) in [4.78, 5) is 8.44. The highest BCUT2D eigenvalue weighted by Gasteiger charge is 2.13. The summed E-state index contributed by atoms with van der Waals surface area (Å²) >= 11 is 8.98. The van der Waals surface area contributed by atoms with E-state index in [0.29, 0.717) is 16.9 Å². The quantitative estimate of drug-likeness (QED) is 0.736. The van der Waals surface area contributed by atoms with Crippen molar-refractivity contribution in [2.24, 2.45) is 0 Å². The topological polar surface area (TPSA) is 56.7 Å². The van der Waals surface area contributed by atoms with Crippen LogP contribution in [-0.2, 0) is 0 Å². The monoisotopic (exact) mass is 340 g/mol. The van der Waals surface area contributed by atoms with Gasteiger partial charge in [0.25, 0.3) is 0 Å². The number of anilines is 1. The molecule has 0 spiro atoms. The van der Waals surface area contributed by atoms with Gasteiger partial charge in [-0.15, -0.1) is 0 Å². The van der Waals surface area contributed by atoms with Crippen molar-refractivity contribution < 1.29 is 4.39 Å². The van der Waals surface area contributed by atoms with Crippen LogP contribution < -0.4 is 5.73 Å². The fourth-order valence-electron chi connectivity index (χ4n) is 1.84. The molecule has 19 heavy (non-hydrogen) atoms. The van der Waals surface area contributed by atoms with E-state index in [1.807, 2.05) is 0 Å². The molecule has 0 aliphatic rings. The van der Waals surface area contributed by atoms with Crippen LogP contribution in [0.3, 0.4) is 0 Å². The number of nitrogen functional groups attached to an aromatic ring is 1. The Morgan fingerprint density at radius 1 is 1.32 bits per heavy atom. The lowest BCUT2D eigenvalue weighted by Crippen LogP contribution is -2.01. The van der Waals surface area contributed by atoms with Crippen LogP contribution in [0.1, 0.15) is 0 Å². The molecule has 0 saturated heterocycles. The molecule has 4 nitrogen and oxygen atoms in total. The summed E-state index contributed by atoms with van der Waals surface area (Å²) in [5.74, 6) is -0.278. The average Bonchev–Trinajstić information content (AvgIpc) is 2.68. The molecule has 3 aromatic rings. The normalized spacial score (nSPS) is 11.1. The lowest BCUT2D eigenvalue weighted by Gasteiger charge is -2.06. The minimum absolute atomic E-state index is 0.0578. The Morgan fingerprint density at radius 3 is 2.84 bits per heavy atom. The zero-order valence-corrected chi connectivity index (χ0v) is 11.8. The molecule has 0 amide bonds. The van der Waals surface area contributed by atoms with Crippen LogP contribution in [0.25, 0.3) is 16.9 Å². The van der Waals surface area contributed by atoms with Crippen LogP contribution in [0.5, 0.6) is 0 Å². The van der Waals surface area contributed by atoms with Gasteiger partial charge < -0.3 is 5.73 Å². The van der Waals surface area contributed by atoms with E-state index >= 15 is 0 Å². The van der Waals surface area contributed by atoms with E-state index < -0.39 is 5.82 Å². The molecule has 0 bridgehead atoms. The molecular weight excluding hydrogens is 335 g/mol. The number of hydrogen-bond donors (Lipinski definition) is 1. The van der Waals surface area contributed by atoms with Gasteiger partial charge in [-0.25, -0.2) is 14.4 Å². The Balaban J connectivity index is 2.29. The third kappa shape index (κ3) is 2.06. The van der Waals surface area contributed by atoms with Gasteiger partial charge in [-0.3, -0.25) is 4.57 Å². The van der Waals surface area contributed by atoms with E-state index in [2.05, 4.69) is 25.9 Å². The van der Waals surface area contributed by atoms with Crippen molar-refractivity contribution in [1.29, 1.82) is 0 Å². The molecular formula is C12H7BrClFN4. The van der Waals surface area contributed by atoms with Gasteiger partial charge in [-0.05, 0) is 40.2 Å². The molecule has 2 N–H and O–H groups in total. The van der Waals surface area contributed by atoms with Crippen molar-refractivity contribution in [2.75, 3.05) is 5.73 Å². The molecule has 1 aromatic carbocycles. The lowest BCUT2D eigenvalue weighted by molar-refractivity contribution is 0.627. The second-order valence-electron chi connectivity index (χ2n) is 3.90. The summed E-state index contributed by atoms with van der Waals surface area (Å²) in [6.45, 7) is 0. The standard InChI is InChI=1S/C12H7BrClFN4/c13-6-3-10-11(17-5-6)19(12(16)18-10)7-1-2-8(14)9(15)4-7/h1-5H,(H2,16,18). The third-order valence-electron chi connectivity index (χ3n) is 2.65. The zero-order valence-electron chi connectivity index (χ0n) is 9.44. The van der Waals surface area contributed by atoms with E-state index in [-0.39, 0.29) is 11.0 Å². The summed E-state index contributed by atoms with van der Waals surface area (Å²) in [6.07, 6.45) is 1.63. The smallest absolute Gasteiger partial charge is 0.207 e. The maximum atomic E-state index is 13.5. The number of hydrogen-bond acceptors (Lipinski definition) is 3. The molecule has 0 radical (unpaired) electrons. The van der Waals surface area contributed by atoms with Gasteiger partial charge in [-0.2, -0.15) is 0 Å². The minimum atomic E-state index is -0.516. The molecule has 2 heterocycles. The van der Waals surface area contributed by atoms with Gasteiger partial charge in [-0.1, -0.05) is 11.6 Å². The van der Waals surface area contributed by atoms with Gasteiger partial charge >= 0.3 is 0 Å². The first-order chi connectivity index (χ1) is 9.06. The molecule has 96 valence electrons. The summed E-state index contributed by atoms with van der Waals surface area (Å²) in [5.41, 5.74) is 7.57. The van der Waals surface area contributed by atoms with E-state index in [1.165, 1.54) is 12.1 Å². The number of rotatable bonds is 1. The molecule has 0 saturated carbocycles. The molecule has 0 fully saturated rings. The summed E-state index contributed by atoms with van der Waals surface area (Å²) in [7, 11) is 0. The predicted octanol–water partition coefficient (Wildman–Crippen LogP) is 3.56. The zero-order chi connectivity index (χ0) is 13.6. The highest BCUT2D eigenvalue weighted by atomic mass is 79.9. The maximum Gasteiger partial charge on any atom is 0.207 e. The van der Waals surface area contributed by atoms with Crippen LogP contribution in [0.4, 0.5) is 10.3 Å². The first-order valence-corrected chi connectivity index (χ1v) is 6.48. The number of nitrogens with two attached hydrogens (primary N) is 1. The predicted molar refractivity (Wildman–Crippen MR) is 75.9 cm³/mol. The summed E-state index contributed by atoms with van der Waals surface area (Å²) in [5, 5.41) is 0.0578. The second-order valence-corrected chi connectivity index (χ2v) is 5.22. The number of halogens is 3. The van der Waals surface area contributed by atoms with Crippen LogP contribution in [0, 0.1) is 5.82 Å². The van der Waals surface area contributed by atoms with Gasteiger partial charge in [0.05, 0.1) is 10.7 Å². The minimum Gasteiger partial charge on any atom is -0.369 e. The Morgan fingerprint density at radius 2 is 2.11 bits per heavy atom. The highest BCUT2D eigenvalue weighted by Crippen LogP contribution is 2.25. The molecule has 0 atom stereocenters. The number of fused-ring (bicyclic) bond motifs is 1. The Bertz CT molecular complexity index is 787. The van der Waals surface area contributed by atoms with Crippen molar-refractivity contribution in [3.05, 3.63) is 45.8 Å². The van der Waals surface area contributed by atoms with Gasteiger partial charge in [0.2, 0.25) is 5.95 Å². The number of benzene rings is 1. The first-order valence-electron chi connectivity index (χ1n) is 5.31. The van der Waals surface area contributed by atoms with E-state index in [1.54, 1.807) is 22.9 Å². The lowest BCUT2D eigenvalue weighted by atomic mass is 10.3. The average molecular weight is 342 g/mol. The summed E-state index contributed by atoms with van der Waals surface area (Å²) in [6, 6.07) is 6.22. The highest BCUT2D eigenvalue weighted by molar-refractivity contribution is 9.10. The second kappa shape index (κ2) is 4.47. The summed E-state index contributed by atoms with van der Waals surface area (Å²) < 4.78 is 15.9. The molecule has 0 aliphatic heterocycles. The van der Waals surface area contributed by atoms with Crippen LogP contribution in [-0.4, -0.2) is 14.5 Å². The van der Waals surface area contributed by atoms with Crippen LogP contribution in [0.2, 0.25) is 5.02 Å². The Hall–Kier alpha value is -1.66. The Labute approximate surface area is 121 Å². The number of pyridine rings is 1. The fourth-order valence-corrected chi connectivity index (χ4v) is 2.27. The van der Waals surface area contributed by atoms with Gasteiger partial charge in [0, 0.05) is 10.7 Å². The number of aromatic nitrogens is 3. The van der Waals surface area contributed by atoms with Crippen molar-refractivity contribution in [2.45, 2.75) is 0 Å². The third-order valence-corrected chi connectivity index (χ3v) is 3.39. The number of imidazole rings is 1. The number of nitrogens with zero attached hydrogens (tertiary/aromatic N) is 3. The van der Waals surface area contributed by atoms with Gasteiger partial charge in [0.15, 0.2) is 5.65 Å². The maximum absolute atomic E-state index is 13.5. The van der Waals surface area contributed by atoms with Gasteiger partial charge in [0.1, 0.15) is 11.3 Å². The van der Waals surface area contributed by atoms with Crippen molar-refractivity contribution >= 4 is 44.6 Å². The van der Waals surface area contributed by atoms with Crippen molar-refractivity contribution in [3.8, 4) is 5.69 Å². The van der Waals surface area contributed by atoms with E-state index in [9.17, 15) is 4.39 Å². The van der Waals surface area contributed by atoms with E-state index in [4.69, 9.17) is 17.3 Å². The van der Waals surface area contributed by atoms with Crippen molar-refractivity contribution in [3.63, 3.8) is 0 Å². The Kier molecular flexibility index (Phi) is 2.91. The molecule has 3 rings (SSSR count). The molecule has 0 aliphatic carbocycles. The fraction of sp³-hybridized carbons (Fsp3) is 0. The molecule has 7 heteroatoms. The first kappa shape index (κ1) is 12.4.